The minimum absolute atomic E-state index is 0.193. The van der Waals surface area contributed by atoms with E-state index in [2.05, 4.69) is 10.6 Å². The van der Waals surface area contributed by atoms with Crippen LogP contribution in [0.15, 0.2) is 12.1 Å². The molecule has 0 aliphatic carbocycles. The van der Waals surface area contributed by atoms with Crippen LogP contribution in [0.25, 0.3) is 0 Å². The Morgan fingerprint density at radius 1 is 1.21 bits per heavy atom. The molecule has 0 spiro atoms. The molecule has 0 fully saturated rings. The zero-order valence-corrected chi connectivity index (χ0v) is 11.0. The standard InChI is InChI=1S/C12H19N3O4/c1-15(2)5-3-4-13-12(19)14-8-6-9(16)11(18)10(17)7-8/h6-7,16-18H,3-5H2,1-2H3,(H2,13,14,19). The summed E-state index contributed by atoms with van der Waals surface area (Å²) >= 11 is 0. The van der Waals surface area contributed by atoms with Gasteiger partial charge in [0.05, 0.1) is 5.69 Å². The molecule has 0 bridgehead atoms. The number of phenols is 3. The summed E-state index contributed by atoms with van der Waals surface area (Å²) in [5.74, 6) is -1.61. The van der Waals surface area contributed by atoms with Crippen LogP contribution in [0.3, 0.4) is 0 Å². The van der Waals surface area contributed by atoms with Gasteiger partial charge >= 0.3 is 6.03 Å². The lowest BCUT2D eigenvalue weighted by Gasteiger charge is -2.11. The highest BCUT2D eigenvalue weighted by Crippen LogP contribution is 2.37. The van der Waals surface area contributed by atoms with Crippen molar-refractivity contribution in [2.24, 2.45) is 0 Å². The van der Waals surface area contributed by atoms with Gasteiger partial charge in [-0.15, -0.1) is 0 Å². The molecule has 7 nitrogen and oxygen atoms in total. The molecule has 5 N–H and O–H groups in total. The van der Waals surface area contributed by atoms with Crippen molar-refractivity contribution < 1.29 is 20.1 Å². The molecular formula is C12H19N3O4. The number of carbonyl (C=O) groups excluding carboxylic acids is 1. The van der Waals surface area contributed by atoms with Crippen molar-refractivity contribution in [3.05, 3.63) is 12.1 Å². The first kappa shape index (κ1) is 14.9. The first-order chi connectivity index (χ1) is 8.90. The van der Waals surface area contributed by atoms with Crippen molar-refractivity contribution in [2.75, 3.05) is 32.5 Å². The first-order valence-electron chi connectivity index (χ1n) is 5.84. The van der Waals surface area contributed by atoms with Crippen molar-refractivity contribution in [1.29, 1.82) is 0 Å². The quantitative estimate of drug-likeness (QED) is 0.310. The van der Waals surface area contributed by atoms with Crippen LogP contribution in [0.2, 0.25) is 0 Å². The van der Waals surface area contributed by atoms with Gasteiger partial charge in [0.15, 0.2) is 17.2 Å². The topological polar surface area (TPSA) is 105 Å². The van der Waals surface area contributed by atoms with Crippen molar-refractivity contribution in [3.8, 4) is 17.2 Å². The van der Waals surface area contributed by atoms with Gasteiger partial charge in [0, 0.05) is 18.7 Å². The maximum absolute atomic E-state index is 11.5. The first-order valence-corrected chi connectivity index (χ1v) is 5.84. The molecule has 106 valence electrons. The third kappa shape index (κ3) is 4.92. The molecule has 0 atom stereocenters. The van der Waals surface area contributed by atoms with Crippen molar-refractivity contribution in [1.82, 2.24) is 10.2 Å². The third-order valence-electron chi connectivity index (χ3n) is 2.40. The highest BCUT2D eigenvalue weighted by molar-refractivity contribution is 5.90. The van der Waals surface area contributed by atoms with E-state index in [1.54, 1.807) is 0 Å². The summed E-state index contributed by atoms with van der Waals surface area (Å²) in [5.41, 5.74) is 0.193. The molecule has 1 rings (SSSR count). The fraction of sp³-hybridized carbons (Fsp3) is 0.417. The molecular weight excluding hydrogens is 250 g/mol. The summed E-state index contributed by atoms with van der Waals surface area (Å²) in [4.78, 5) is 13.5. The fourth-order valence-electron chi connectivity index (χ4n) is 1.45. The smallest absolute Gasteiger partial charge is 0.319 e. The van der Waals surface area contributed by atoms with Crippen molar-refractivity contribution in [2.45, 2.75) is 6.42 Å². The van der Waals surface area contributed by atoms with Gasteiger partial charge in [-0.2, -0.15) is 0 Å². The Morgan fingerprint density at radius 2 is 1.79 bits per heavy atom. The second-order valence-electron chi connectivity index (χ2n) is 4.40. The monoisotopic (exact) mass is 269 g/mol. The third-order valence-corrected chi connectivity index (χ3v) is 2.40. The molecule has 0 unspecified atom stereocenters. The molecule has 0 aliphatic heterocycles. The second-order valence-corrected chi connectivity index (χ2v) is 4.40. The zero-order valence-electron chi connectivity index (χ0n) is 11.0. The zero-order chi connectivity index (χ0) is 14.4. The summed E-state index contributed by atoms with van der Waals surface area (Å²) in [6, 6.07) is 1.85. The van der Waals surface area contributed by atoms with Crippen LogP contribution in [0.1, 0.15) is 6.42 Å². The largest absolute Gasteiger partial charge is 0.504 e. The van der Waals surface area contributed by atoms with Crippen LogP contribution < -0.4 is 10.6 Å². The second kappa shape index (κ2) is 6.69. The molecule has 1 aromatic carbocycles. The van der Waals surface area contributed by atoms with E-state index in [1.165, 1.54) is 0 Å². The van der Waals surface area contributed by atoms with E-state index in [9.17, 15) is 15.0 Å². The van der Waals surface area contributed by atoms with Gasteiger partial charge < -0.3 is 30.9 Å². The van der Waals surface area contributed by atoms with Crippen LogP contribution >= 0.6 is 0 Å². The van der Waals surface area contributed by atoms with Gasteiger partial charge in [0.1, 0.15) is 0 Å². The van der Waals surface area contributed by atoms with Crippen LogP contribution in [0.4, 0.5) is 10.5 Å². The van der Waals surface area contributed by atoms with Gasteiger partial charge in [-0.05, 0) is 27.1 Å². The van der Waals surface area contributed by atoms with E-state index < -0.39 is 23.3 Å². The predicted molar refractivity (Wildman–Crippen MR) is 71.6 cm³/mol. The van der Waals surface area contributed by atoms with E-state index in [1.807, 2.05) is 19.0 Å². The summed E-state index contributed by atoms with van der Waals surface area (Å²) in [7, 11) is 3.89. The number of carbonyl (C=O) groups is 1. The molecule has 0 saturated carbocycles. The number of nitrogens with one attached hydrogen (secondary N) is 2. The van der Waals surface area contributed by atoms with Crippen molar-refractivity contribution in [3.63, 3.8) is 0 Å². The molecule has 7 heteroatoms. The summed E-state index contributed by atoms with van der Waals surface area (Å²) < 4.78 is 0. The molecule has 19 heavy (non-hydrogen) atoms. The van der Waals surface area contributed by atoms with Crippen molar-refractivity contribution >= 4 is 11.7 Å². The van der Waals surface area contributed by atoms with Gasteiger partial charge in [-0.1, -0.05) is 0 Å². The molecule has 0 aromatic heterocycles. The number of nitrogens with zero attached hydrogens (tertiary/aromatic N) is 1. The number of anilines is 1. The Labute approximate surface area is 111 Å². The van der Waals surface area contributed by atoms with Gasteiger partial charge in [-0.3, -0.25) is 0 Å². The Morgan fingerprint density at radius 3 is 2.32 bits per heavy atom. The van der Waals surface area contributed by atoms with Gasteiger partial charge in [0.25, 0.3) is 0 Å². The summed E-state index contributed by atoms with van der Waals surface area (Å²) in [6.07, 6.45) is 0.812. The fourth-order valence-corrected chi connectivity index (χ4v) is 1.45. The number of rotatable bonds is 5. The van der Waals surface area contributed by atoms with Gasteiger partial charge in [-0.25, -0.2) is 4.79 Å². The molecule has 0 radical (unpaired) electrons. The number of hydrogen-bond acceptors (Lipinski definition) is 5. The van der Waals surface area contributed by atoms with E-state index >= 15 is 0 Å². The minimum Gasteiger partial charge on any atom is -0.504 e. The van der Waals surface area contributed by atoms with Crippen LogP contribution in [0.5, 0.6) is 17.2 Å². The predicted octanol–water partition coefficient (Wildman–Crippen LogP) is 0.877. The highest BCUT2D eigenvalue weighted by Gasteiger charge is 2.09. The van der Waals surface area contributed by atoms with Crippen LogP contribution in [0, 0.1) is 0 Å². The van der Waals surface area contributed by atoms with E-state index in [0.29, 0.717) is 6.54 Å². The molecule has 0 aliphatic rings. The number of hydrogen-bond donors (Lipinski definition) is 5. The number of aromatic hydroxyl groups is 3. The number of amides is 2. The summed E-state index contributed by atoms with van der Waals surface area (Å²) in [6.45, 7) is 1.38. The average molecular weight is 269 g/mol. The summed E-state index contributed by atoms with van der Waals surface area (Å²) in [5, 5.41) is 32.8. The van der Waals surface area contributed by atoms with E-state index in [0.717, 1.165) is 25.1 Å². The highest BCUT2D eigenvalue weighted by atomic mass is 16.3. The van der Waals surface area contributed by atoms with E-state index in [-0.39, 0.29) is 5.69 Å². The molecule has 1 aromatic rings. The maximum atomic E-state index is 11.5. The SMILES string of the molecule is CN(C)CCCNC(=O)Nc1cc(O)c(O)c(O)c1. The average Bonchev–Trinajstić information content (AvgIpc) is 2.31. The Balaban J connectivity index is 2.44. The normalized spacial score (nSPS) is 10.5. The van der Waals surface area contributed by atoms with Crippen LogP contribution in [-0.4, -0.2) is 53.4 Å². The Bertz CT molecular complexity index is 426. The maximum Gasteiger partial charge on any atom is 0.319 e. The Kier molecular flexibility index (Phi) is 5.25. The van der Waals surface area contributed by atoms with Crippen LogP contribution in [-0.2, 0) is 0 Å². The molecule has 0 saturated heterocycles. The lowest BCUT2D eigenvalue weighted by atomic mass is 10.2. The van der Waals surface area contributed by atoms with E-state index in [4.69, 9.17) is 5.11 Å². The number of benzene rings is 1. The number of phenolic OH excluding ortho intramolecular Hbond substituents is 3. The minimum atomic E-state index is -0.614. The lowest BCUT2D eigenvalue weighted by molar-refractivity contribution is 0.251. The number of urea groups is 1. The lowest BCUT2D eigenvalue weighted by Crippen LogP contribution is -2.31. The molecule has 0 heterocycles. The van der Waals surface area contributed by atoms with Gasteiger partial charge in [0.2, 0.25) is 0 Å². The Hall–Kier alpha value is -2.15. The molecule has 2 amide bonds.